The first-order valence-corrected chi connectivity index (χ1v) is 5.75. The molecule has 0 radical (unpaired) electrons. The van der Waals surface area contributed by atoms with Crippen LogP contribution in [0, 0.1) is 0 Å². The molecule has 0 spiro atoms. The summed E-state index contributed by atoms with van der Waals surface area (Å²) >= 11 is 3.43. The molecule has 0 amide bonds. The van der Waals surface area contributed by atoms with Crippen molar-refractivity contribution in [1.29, 1.82) is 0 Å². The maximum Gasteiger partial charge on any atom is 0.136 e. The first-order valence-electron chi connectivity index (χ1n) is 4.96. The van der Waals surface area contributed by atoms with Crippen molar-refractivity contribution in [3.05, 3.63) is 22.6 Å². The number of nitrogens with two attached hydrogens (primary N) is 1. The van der Waals surface area contributed by atoms with E-state index in [0.717, 1.165) is 23.3 Å². The van der Waals surface area contributed by atoms with E-state index in [4.69, 9.17) is 10.2 Å². The zero-order valence-electron chi connectivity index (χ0n) is 9.16. The molecule has 0 saturated carbocycles. The third-order valence-corrected chi connectivity index (χ3v) is 2.80. The van der Waals surface area contributed by atoms with E-state index in [0.29, 0.717) is 6.54 Å². The molecule has 0 aliphatic carbocycles. The second kappa shape index (κ2) is 6.27. The minimum atomic E-state index is 0.0781. The van der Waals surface area contributed by atoms with Gasteiger partial charge in [-0.25, -0.2) is 0 Å². The van der Waals surface area contributed by atoms with Crippen LogP contribution in [0.3, 0.4) is 0 Å². The van der Waals surface area contributed by atoms with Crippen LogP contribution in [0.25, 0.3) is 0 Å². The van der Waals surface area contributed by atoms with E-state index in [2.05, 4.69) is 26.1 Å². The highest BCUT2D eigenvalue weighted by Gasteiger charge is 2.15. The quantitative estimate of drug-likeness (QED) is 0.819. The Kier molecular flexibility index (Phi) is 5.31. The van der Waals surface area contributed by atoms with Crippen LogP contribution in [0.4, 0.5) is 0 Å². The molecule has 3 N–H and O–H groups in total. The molecule has 0 saturated heterocycles. The average Bonchev–Trinajstić information content (AvgIpc) is 2.59. The van der Waals surface area contributed by atoms with Crippen molar-refractivity contribution in [3.8, 4) is 0 Å². The molecular formula is C10H18BrN3O. The van der Waals surface area contributed by atoms with Crippen molar-refractivity contribution in [2.24, 2.45) is 5.73 Å². The van der Waals surface area contributed by atoms with E-state index >= 15 is 0 Å². The molecule has 1 aromatic rings. The summed E-state index contributed by atoms with van der Waals surface area (Å²) in [6.45, 7) is 2.40. The summed E-state index contributed by atoms with van der Waals surface area (Å²) in [4.78, 5) is 2.12. The molecular weight excluding hydrogens is 258 g/mol. The number of nitrogens with zero attached hydrogens (tertiary/aromatic N) is 1. The summed E-state index contributed by atoms with van der Waals surface area (Å²) in [5.74, 6) is 0.872. The summed E-state index contributed by atoms with van der Waals surface area (Å²) in [7, 11) is 4.09. The second-order valence-corrected chi connectivity index (χ2v) is 4.53. The Morgan fingerprint density at radius 3 is 2.80 bits per heavy atom. The van der Waals surface area contributed by atoms with Crippen LogP contribution in [-0.4, -0.2) is 38.6 Å². The largest absolute Gasteiger partial charge is 0.466 e. The Balaban J connectivity index is 2.46. The van der Waals surface area contributed by atoms with Crippen LogP contribution in [0.1, 0.15) is 11.8 Å². The Morgan fingerprint density at radius 2 is 2.33 bits per heavy atom. The van der Waals surface area contributed by atoms with Gasteiger partial charge in [0.15, 0.2) is 0 Å². The summed E-state index contributed by atoms with van der Waals surface area (Å²) in [6.07, 6.45) is 1.66. The minimum Gasteiger partial charge on any atom is -0.466 e. The van der Waals surface area contributed by atoms with Gasteiger partial charge in [0.1, 0.15) is 5.76 Å². The van der Waals surface area contributed by atoms with Gasteiger partial charge in [0.2, 0.25) is 0 Å². The number of furan rings is 1. The molecule has 0 fully saturated rings. The molecule has 1 unspecified atom stereocenters. The lowest BCUT2D eigenvalue weighted by Crippen LogP contribution is -2.33. The Hall–Kier alpha value is -0.360. The van der Waals surface area contributed by atoms with Crippen LogP contribution >= 0.6 is 15.9 Å². The highest BCUT2D eigenvalue weighted by Crippen LogP contribution is 2.23. The first kappa shape index (κ1) is 12.7. The van der Waals surface area contributed by atoms with Crippen LogP contribution in [0.5, 0.6) is 0 Å². The molecule has 4 nitrogen and oxygen atoms in total. The van der Waals surface area contributed by atoms with Gasteiger partial charge in [-0.3, -0.25) is 0 Å². The summed E-state index contributed by atoms with van der Waals surface area (Å²) in [6, 6.07) is 1.96. The maximum absolute atomic E-state index is 5.69. The zero-order chi connectivity index (χ0) is 11.3. The maximum atomic E-state index is 5.69. The van der Waals surface area contributed by atoms with Gasteiger partial charge < -0.3 is 20.4 Å². The highest BCUT2D eigenvalue weighted by atomic mass is 79.9. The van der Waals surface area contributed by atoms with E-state index < -0.39 is 0 Å². The fourth-order valence-corrected chi connectivity index (χ4v) is 1.78. The monoisotopic (exact) mass is 275 g/mol. The molecule has 1 atom stereocenters. The van der Waals surface area contributed by atoms with E-state index in [1.807, 2.05) is 20.2 Å². The molecule has 0 aromatic carbocycles. The van der Waals surface area contributed by atoms with Crippen molar-refractivity contribution in [3.63, 3.8) is 0 Å². The van der Waals surface area contributed by atoms with Crippen LogP contribution in [0.2, 0.25) is 0 Å². The number of nitrogens with one attached hydrogen (secondary N) is 1. The van der Waals surface area contributed by atoms with Gasteiger partial charge in [-0.15, -0.1) is 0 Å². The third-order valence-electron chi connectivity index (χ3n) is 2.15. The van der Waals surface area contributed by atoms with Crippen LogP contribution in [-0.2, 0) is 0 Å². The predicted molar refractivity (Wildman–Crippen MR) is 64.8 cm³/mol. The lowest BCUT2D eigenvalue weighted by Gasteiger charge is -2.17. The normalized spacial score (nSPS) is 13.4. The van der Waals surface area contributed by atoms with E-state index in [1.54, 1.807) is 6.26 Å². The fourth-order valence-electron chi connectivity index (χ4n) is 1.30. The average molecular weight is 276 g/mol. The van der Waals surface area contributed by atoms with Crippen molar-refractivity contribution in [2.75, 3.05) is 33.7 Å². The number of likely N-dealkylation sites (N-methyl/N-ethyl adjacent to an activating group) is 1. The number of rotatable bonds is 6. The predicted octanol–water partition coefficient (Wildman–Crippen LogP) is 1.19. The third kappa shape index (κ3) is 3.95. The molecule has 0 bridgehead atoms. The van der Waals surface area contributed by atoms with Gasteiger partial charge in [-0.2, -0.15) is 0 Å². The van der Waals surface area contributed by atoms with Crippen molar-refractivity contribution in [2.45, 2.75) is 6.04 Å². The Morgan fingerprint density at radius 1 is 1.60 bits per heavy atom. The molecule has 15 heavy (non-hydrogen) atoms. The van der Waals surface area contributed by atoms with Gasteiger partial charge in [0, 0.05) is 19.6 Å². The highest BCUT2D eigenvalue weighted by molar-refractivity contribution is 9.10. The van der Waals surface area contributed by atoms with Crippen LogP contribution < -0.4 is 11.1 Å². The van der Waals surface area contributed by atoms with Crippen molar-refractivity contribution < 1.29 is 4.42 Å². The molecule has 0 aliphatic rings. The van der Waals surface area contributed by atoms with E-state index in [1.165, 1.54) is 0 Å². The lowest BCUT2D eigenvalue weighted by atomic mass is 10.2. The Bertz CT molecular complexity index is 288. The molecule has 5 heteroatoms. The summed E-state index contributed by atoms with van der Waals surface area (Å²) in [5.41, 5.74) is 5.69. The Labute approximate surface area is 98.9 Å². The number of hydrogen-bond acceptors (Lipinski definition) is 4. The SMILES string of the molecule is CN(C)CCNC(CN)c1occc1Br. The van der Waals surface area contributed by atoms with Gasteiger partial charge in [0.25, 0.3) is 0 Å². The van der Waals surface area contributed by atoms with Gasteiger partial charge in [-0.1, -0.05) is 0 Å². The van der Waals surface area contributed by atoms with Crippen molar-refractivity contribution >= 4 is 15.9 Å². The van der Waals surface area contributed by atoms with Gasteiger partial charge in [-0.05, 0) is 36.1 Å². The van der Waals surface area contributed by atoms with Gasteiger partial charge in [0.05, 0.1) is 16.8 Å². The smallest absolute Gasteiger partial charge is 0.136 e. The van der Waals surface area contributed by atoms with E-state index in [-0.39, 0.29) is 6.04 Å². The first-order chi connectivity index (χ1) is 7.15. The molecule has 0 aliphatic heterocycles. The molecule has 1 aromatic heterocycles. The topological polar surface area (TPSA) is 54.4 Å². The second-order valence-electron chi connectivity index (χ2n) is 3.68. The van der Waals surface area contributed by atoms with E-state index in [9.17, 15) is 0 Å². The zero-order valence-corrected chi connectivity index (χ0v) is 10.8. The molecule has 1 rings (SSSR count). The number of hydrogen-bond donors (Lipinski definition) is 2. The number of halogens is 1. The molecule has 86 valence electrons. The standard InChI is InChI=1S/C10H18BrN3O/c1-14(2)5-4-13-9(7-12)10-8(11)3-6-15-10/h3,6,9,13H,4-5,7,12H2,1-2H3. The van der Waals surface area contributed by atoms with Crippen molar-refractivity contribution in [1.82, 2.24) is 10.2 Å². The fraction of sp³-hybridized carbons (Fsp3) is 0.600. The summed E-state index contributed by atoms with van der Waals surface area (Å²) in [5, 5.41) is 3.35. The van der Waals surface area contributed by atoms with Crippen LogP contribution in [0.15, 0.2) is 21.2 Å². The minimum absolute atomic E-state index is 0.0781. The lowest BCUT2D eigenvalue weighted by molar-refractivity contribution is 0.363. The van der Waals surface area contributed by atoms with Gasteiger partial charge >= 0.3 is 0 Å². The molecule has 1 heterocycles. The summed E-state index contributed by atoms with van der Waals surface area (Å²) < 4.78 is 6.34.